The van der Waals surface area contributed by atoms with Gasteiger partial charge in [-0.05, 0) is 66.3 Å². The Hall–Kier alpha value is -5.73. The van der Waals surface area contributed by atoms with E-state index in [4.69, 9.17) is 4.74 Å². The lowest BCUT2D eigenvalue weighted by molar-refractivity contribution is -0.136. The molecule has 4 heterocycles. The number of benzene rings is 2. The minimum absolute atomic E-state index is 0.159. The summed E-state index contributed by atoms with van der Waals surface area (Å²) in [4.78, 5) is 69.2. The molecule has 2 aromatic heterocycles. The van der Waals surface area contributed by atoms with Crippen molar-refractivity contribution in [2.24, 2.45) is 11.8 Å². The summed E-state index contributed by atoms with van der Waals surface area (Å²) in [5, 5.41) is 14.3. The number of halogens is 1. The van der Waals surface area contributed by atoms with Gasteiger partial charge in [-0.15, -0.1) is 0 Å². The van der Waals surface area contributed by atoms with Crippen LogP contribution in [0.3, 0.4) is 0 Å². The Labute approximate surface area is 312 Å². The Morgan fingerprint density at radius 2 is 1.28 bits per heavy atom. The summed E-state index contributed by atoms with van der Waals surface area (Å²) >= 11 is 0. The van der Waals surface area contributed by atoms with Crippen LogP contribution in [0.4, 0.5) is 14.0 Å². The average molecular weight is 743 g/mol. The van der Waals surface area contributed by atoms with Crippen LogP contribution in [0.5, 0.6) is 0 Å². The van der Waals surface area contributed by atoms with Crippen molar-refractivity contribution in [1.29, 1.82) is 0 Å². The lowest BCUT2D eigenvalue weighted by Gasteiger charge is -2.30. The number of carboxylic acid groups (broad SMARTS) is 1. The van der Waals surface area contributed by atoms with Gasteiger partial charge in [-0.25, -0.2) is 23.9 Å². The molecule has 0 spiro atoms. The second kappa shape index (κ2) is 16.1. The Morgan fingerprint density at radius 1 is 0.778 bits per heavy atom. The number of nitrogens with one attached hydrogen (secondary N) is 4. The number of carbonyl (C=O) groups excluding carboxylic acids is 3. The van der Waals surface area contributed by atoms with E-state index in [9.17, 15) is 24.3 Å². The molecule has 4 aromatic rings. The van der Waals surface area contributed by atoms with E-state index in [2.05, 4.69) is 30.6 Å². The van der Waals surface area contributed by atoms with Crippen LogP contribution in [-0.2, 0) is 14.3 Å². The van der Waals surface area contributed by atoms with Crippen LogP contribution >= 0.6 is 0 Å². The summed E-state index contributed by atoms with van der Waals surface area (Å²) in [6.45, 7) is 8.37. The van der Waals surface area contributed by atoms with Crippen LogP contribution in [0.25, 0.3) is 33.6 Å². The number of aromatic amines is 2. The van der Waals surface area contributed by atoms with Crippen molar-refractivity contribution in [3.8, 4) is 33.6 Å². The number of alkyl carbamates (subject to hydrolysis) is 1. The molecule has 2 saturated heterocycles. The molecular formula is C39H47FN8O6. The average Bonchev–Trinajstić information content (AvgIpc) is 3.98. The highest BCUT2D eigenvalue weighted by Crippen LogP contribution is 2.35. The van der Waals surface area contributed by atoms with Crippen LogP contribution in [0.2, 0.25) is 0 Å². The van der Waals surface area contributed by atoms with Gasteiger partial charge in [-0.2, -0.15) is 0 Å². The minimum atomic E-state index is -1.23. The van der Waals surface area contributed by atoms with Crippen LogP contribution in [0, 0.1) is 17.7 Å². The first kappa shape index (κ1) is 38.0. The smallest absolute Gasteiger partial charge is 0.407 e. The summed E-state index contributed by atoms with van der Waals surface area (Å²) in [5.41, 5.74) is 3.97. The molecule has 0 radical (unpaired) electrons. The van der Waals surface area contributed by atoms with E-state index >= 15 is 4.39 Å². The number of methoxy groups -OCH3 is 1. The van der Waals surface area contributed by atoms with Gasteiger partial charge >= 0.3 is 12.2 Å². The van der Waals surface area contributed by atoms with Gasteiger partial charge in [0.15, 0.2) is 0 Å². The van der Waals surface area contributed by atoms with Crippen LogP contribution < -0.4 is 10.6 Å². The zero-order valence-corrected chi connectivity index (χ0v) is 31.1. The van der Waals surface area contributed by atoms with Crippen LogP contribution in [-0.4, -0.2) is 91.1 Å². The molecule has 54 heavy (non-hydrogen) atoms. The molecule has 1 unspecified atom stereocenters. The third kappa shape index (κ3) is 7.94. The molecule has 2 aliphatic rings. The zero-order chi connectivity index (χ0) is 38.7. The van der Waals surface area contributed by atoms with Gasteiger partial charge in [0.2, 0.25) is 11.8 Å². The largest absolute Gasteiger partial charge is 0.465 e. The zero-order valence-electron chi connectivity index (χ0n) is 31.1. The van der Waals surface area contributed by atoms with E-state index in [-0.39, 0.29) is 35.7 Å². The van der Waals surface area contributed by atoms with Gasteiger partial charge in [0.25, 0.3) is 0 Å². The van der Waals surface area contributed by atoms with E-state index in [1.807, 2.05) is 58.0 Å². The molecule has 2 aliphatic heterocycles. The van der Waals surface area contributed by atoms with E-state index in [1.54, 1.807) is 28.3 Å². The second-order valence-electron chi connectivity index (χ2n) is 14.5. The highest BCUT2D eigenvalue weighted by Gasteiger charge is 2.39. The SMILES string of the molecule is COC(=O)N[C@H](C(=O)N1CCCC1c1ncc(-c2ccc(-c3ccc(-c4cnc([C@@H]5CCCN5C(=O)[C@@H](NC(=O)O)C(C)C)[nH]4)cc3)cc2F)[nH]1)C(C)C. The van der Waals surface area contributed by atoms with Gasteiger partial charge < -0.3 is 40.2 Å². The Balaban J connectivity index is 1.13. The van der Waals surface area contributed by atoms with Crippen molar-refractivity contribution in [3.63, 3.8) is 0 Å². The Kier molecular flexibility index (Phi) is 11.3. The molecule has 2 aromatic carbocycles. The molecule has 286 valence electrons. The highest BCUT2D eigenvalue weighted by molar-refractivity contribution is 5.87. The number of rotatable bonds is 11. The second-order valence-corrected chi connectivity index (χ2v) is 14.5. The maximum atomic E-state index is 15.7. The highest BCUT2D eigenvalue weighted by atomic mass is 19.1. The van der Waals surface area contributed by atoms with E-state index in [1.165, 1.54) is 13.2 Å². The standard InChI is InChI=1S/C39H47FN8O6/c1-21(2)32(45-38(51)52)36(49)47-16-6-8-30(47)34-41-19-28(43-34)24-12-10-23(11-13-24)25-14-15-26(27(40)18-25)29-20-42-35(44-29)31-9-7-17-48(31)37(50)33(22(3)4)46-39(53)54-5/h10-15,18-22,30-33,45H,6-9,16-17H2,1-5H3,(H,41,43)(H,42,44)(H,46,53)(H,51,52)/t30-,31?,32-,33-/m0/s1. The number of imidazole rings is 2. The number of likely N-dealkylation sites (tertiary alicyclic amines) is 2. The summed E-state index contributed by atoms with van der Waals surface area (Å²) in [6.07, 6.45) is 4.34. The fourth-order valence-electron chi connectivity index (χ4n) is 7.38. The molecule has 6 rings (SSSR count). The summed E-state index contributed by atoms with van der Waals surface area (Å²) in [7, 11) is 1.26. The van der Waals surface area contributed by atoms with Gasteiger partial charge in [-0.3, -0.25) is 9.59 Å². The molecule has 2 fully saturated rings. The fourth-order valence-corrected chi connectivity index (χ4v) is 7.38. The molecule has 14 nitrogen and oxygen atoms in total. The summed E-state index contributed by atoms with van der Waals surface area (Å²) < 4.78 is 20.4. The molecule has 0 saturated carbocycles. The molecule has 4 amide bonds. The van der Waals surface area contributed by atoms with Crippen LogP contribution in [0.15, 0.2) is 54.9 Å². The number of nitrogens with zero attached hydrogens (tertiary/aromatic N) is 4. The fraction of sp³-hybridized carbons (Fsp3) is 0.436. The van der Waals surface area contributed by atoms with E-state index in [0.717, 1.165) is 29.7 Å². The summed E-state index contributed by atoms with van der Waals surface area (Å²) in [5.74, 6) is -0.0847. The van der Waals surface area contributed by atoms with Gasteiger partial charge in [0.05, 0.1) is 43.0 Å². The number of aromatic nitrogens is 4. The number of hydrogen-bond donors (Lipinski definition) is 5. The third-order valence-electron chi connectivity index (χ3n) is 10.3. The quantitative estimate of drug-likeness (QED) is 0.119. The maximum absolute atomic E-state index is 15.7. The topological polar surface area (TPSA) is 186 Å². The van der Waals surface area contributed by atoms with Crippen molar-refractivity contribution in [3.05, 3.63) is 72.3 Å². The molecule has 0 aliphatic carbocycles. The maximum Gasteiger partial charge on any atom is 0.407 e. The molecule has 4 atom stereocenters. The number of H-pyrrole nitrogens is 2. The predicted octanol–water partition coefficient (Wildman–Crippen LogP) is 6.27. The van der Waals surface area contributed by atoms with Gasteiger partial charge in [0.1, 0.15) is 29.5 Å². The van der Waals surface area contributed by atoms with E-state index in [0.29, 0.717) is 54.4 Å². The van der Waals surface area contributed by atoms with Crippen molar-refractivity contribution < 1.29 is 33.4 Å². The summed E-state index contributed by atoms with van der Waals surface area (Å²) in [6, 6.07) is 10.4. The number of hydrogen-bond acceptors (Lipinski definition) is 7. The van der Waals surface area contributed by atoms with Crippen molar-refractivity contribution in [2.75, 3.05) is 20.2 Å². The first-order valence-electron chi connectivity index (χ1n) is 18.3. The molecule has 5 N–H and O–H groups in total. The number of amides is 4. The molecule has 0 bridgehead atoms. The normalized spacial score (nSPS) is 18.2. The Morgan fingerprint density at radius 3 is 1.80 bits per heavy atom. The molecule has 15 heteroatoms. The van der Waals surface area contributed by atoms with Crippen LogP contribution in [0.1, 0.15) is 77.1 Å². The number of ether oxygens (including phenoxy) is 1. The van der Waals surface area contributed by atoms with Crippen molar-refractivity contribution in [2.45, 2.75) is 77.5 Å². The first-order valence-corrected chi connectivity index (χ1v) is 18.3. The van der Waals surface area contributed by atoms with Gasteiger partial charge in [-0.1, -0.05) is 58.0 Å². The lowest BCUT2D eigenvalue weighted by atomic mass is 10.0. The Bertz CT molecular complexity index is 1990. The predicted molar refractivity (Wildman–Crippen MR) is 198 cm³/mol. The molecular weight excluding hydrogens is 695 g/mol. The third-order valence-corrected chi connectivity index (χ3v) is 10.3. The monoisotopic (exact) mass is 742 g/mol. The minimum Gasteiger partial charge on any atom is -0.465 e. The van der Waals surface area contributed by atoms with Crippen molar-refractivity contribution >= 4 is 24.0 Å². The lowest BCUT2D eigenvalue weighted by Crippen LogP contribution is -2.51. The van der Waals surface area contributed by atoms with Crippen molar-refractivity contribution in [1.82, 2.24) is 40.4 Å². The van der Waals surface area contributed by atoms with Gasteiger partial charge in [0, 0.05) is 18.7 Å². The first-order chi connectivity index (χ1) is 25.9. The number of carbonyl (C=O) groups is 4. The van der Waals surface area contributed by atoms with E-state index < -0.39 is 30.1 Å².